The summed E-state index contributed by atoms with van der Waals surface area (Å²) in [6.45, 7) is -0.196. The molecule has 0 saturated carbocycles. The summed E-state index contributed by atoms with van der Waals surface area (Å²) in [6, 6.07) is 13.3. The average molecular weight is 422 g/mol. The number of carbonyl (C=O) groups excluding carboxylic acids is 3. The molecular formula is C21H18N4O6. The molecular weight excluding hydrogens is 404 g/mol. The van der Waals surface area contributed by atoms with Gasteiger partial charge >= 0.3 is 5.97 Å². The topological polar surface area (TPSA) is 124 Å². The Labute approximate surface area is 176 Å². The highest BCUT2D eigenvalue weighted by molar-refractivity contribution is 6.01. The summed E-state index contributed by atoms with van der Waals surface area (Å²) in [7, 11) is 1.56. The van der Waals surface area contributed by atoms with Crippen molar-refractivity contribution >= 4 is 23.5 Å². The Morgan fingerprint density at radius 2 is 1.97 bits per heavy atom. The number of anilines is 1. The molecule has 2 aromatic carbocycles. The predicted octanol–water partition coefficient (Wildman–Crippen LogP) is 2.26. The van der Waals surface area contributed by atoms with Gasteiger partial charge < -0.3 is 14.0 Å². The van der Waals surface area contributed by atoms with E-state index in [1.54, 1.807) is 43.5 Å². The van der Waals surface area contributed by atoms with Crippen LogP contribution in [0.5, 0.6) is 5.75 Å². The Kier molecular flexibility index (Phi) is 5.61. The van der Waals surface area contributed by atoms with Crippen molar-refractivity contribution in [3.63, 3.8) is 0 Å². The van der Waals surface area contributed by atoms with Crippen molar-refractivity contribution in [1.29, 1.82) is 0 Å². The third kappa shape index (κ3) is 4.53. The lowest BCUT2D eigenvalue weighted by Crippen LogP contribution is -2.50. The molecule has 0 atom stereocenters. The molecule has 31 heavy (non-hydrogen) atoms. The first-order valence-electron chi connectivity index (χ1n) is 9.40. The van der Waals surface area contributed by atoms with Crippen LogP contribution in [-0.2, 0) is 20.9 Å². The number of benzene rings is 2. The van der Waals surface area contributed by atoms with Gasteiger partial charge in [0.1, 0.15) is 5.75 Å². The molecule has 158 valence electrons. The number of hydrogen-bond donors (Lipinski definition) is 1. The number of esters is 1. The highest BCUT2D eigenvalue weighted by atomic mass is 16.6. The van der Waals surface area contributed by atoms with Crippen LogP contribution in [0.1, 0.15) is 29.1 Å². The van der Waals surface area contributed by atoms with E-state index in [9.17, 15) is 14.4 Å². The zero-order valence-electron chi connectivity index (χ0n) is 16.5. The molecule has 2 heterocycles. The van der Waals surface area contributed by atoms with Crippen LogP contribution in [-0.4, -0.2) is 35.0 Å². The molecule has 1 aromatic heterocycles. The van der Waals surface area contributed by atoms with Gasteiger partial charge in [-0.25, -0.2) is 9.80 Å². The molecule has 4 rings (SSSR count). The maximum Gasteiger partial charge on any atom is 0.338 e. The molecule has 0 aliphatic carbocycles. The number of hydrazine groups is 1. The zero-order chi connectivity index (χ0) is 21.8. The minimum Gasteiger partial charge on any atom is -0.497 e. The van der Waals surface area contributed by atoms with Gasteiger partial charge in [0.25, 0.3) is 5.89 Å². The smallest absolute Gasteiger partial charge is 0.338 e. The largest absolute Gasteiger partial charge is 0.497 e. The molecule has 0 spiro atoms. The highest BCUT2D eigenvalue weighted by Crippen LogP contribution is 2.22. The molecule has 1 N–H and O–H groups in total. The fourth-order valence-electron chi connectivity index (χ4n) is 2.93. The van der Waals surface area contributed by atoms with Gasteiger partial charge in [0, 0.05) is 18.4 Å². The van der Waals surface area contributed by atoms with Gasteiger partial charge in [-0.1, -0.05) is 17.3 Å². The lowest BCUT2D eigenvalue weighted by molar-refractivity contribution is -0.130. The number of ether oxygens (including phenoxy) is 2. The SMILES string of the molecule is COc1cccc(-c2noc(COC(=O)c3ccc(N4NC(=O)CCC4=O)cc3)n2)c1. The summed E-state index contributed by atoms with van der Waals surface area (Å²) in [5.41, 5.74) is 3.92. The van der Waals surface area contributed by atoms with Crippen LogP contribution < -0.4 is 15.2 Å². The first-order valence-corrected chi connectivity index (χ1v) is 9.40. The quantitative estimate of drug-likeness (QED) is 0.600. The number of carbonyl (C=O) groups is 3. The van der Waals surface area contributed by atoms with Crippen LogP contribution in [0.2, 0.25) is 0 Å². The van der Waals surface area contributed by atoms with Gasteiger partial charge in [-0.3, -0.25) is 15.0 Å². The van der Waals surface area contributed by atoms with Gasteiger partial charge in [-0.15, -0.1) is 0 Å². The molecule has 0 radical (unpaired) electrons. The number of methoxy groups -OCH3 is 1. The Balaban J connectivity index is 1.37. The van der Waals surface area contributed by atoms with E-state index in [1.165, 1.54) is 17.1 Å². The second kappa shape index (κ2) is 8.66. The molecule has 1 saturated heterocycles. The summed E-state index contributed by atoms with van der Waals surface area (Å²) in [5.74, 6) is 0.0901. The Morgan fingerprint density at radius 1 is 1.16 bits per heavy atom. The molecule has 1 aliphatic rings. The van der Waals surface area contributed by atoms with E-state index in [0.717, 1.165) is 0 Å². The number of aromatic nitrogens is 2. The molecule has 1 fully saturated rings. The van der Waals surface area contributed by atoms with E-state index in [1.807, 2.05) is 0 Å². The van der Waals surface area contributed by atoms with Crippen molar-refractivity contribution in [1.82, 2.24) is 15.6 Å². The van der Waals surface area contributed by atoms with E-state index in [-0.39, 0.29) is 42.7 Å². The Hall–Kier alpha value is -4.21. The van der Waals surface area contributed by atoms with Gasteiger partial charge in [-0.05, 0) is 36.4 Å². The fraction of sp³-hybridized carbons (Fsp3) is 0.190. The van der Waals surface area contributed by atoms with Crippen LogP contribution in [0, 0.1) is 0 Å². The van der Waals surface area contributed by atoms with Gasteiger partial charge in [0.15, 0.2) is 6.61 Å². The lowest BCUT2D eigenvalue weighted by Gasteiger charge is -2.27. The van der Waals surface area contributed by atoms with Crippen molar-refractivity contribution in [3.05, 3.63) is 60.0 Å². The number of amides is 2. The van der Waals surface area contributed by atoms with Crippen molar-refractivity contribution in [2.24, 2.45) is 0 Å². The van der Waals surface area contributed by atoms with Crippen molar-refractivity contribution in [2.75, 3.05) is 12.1 Å². The molecule has 0 unspecified atom stereocenters. The molecule has 10 nitrogen and oxygen atoms in total. The monoisotopic (exact) mass is 422 g/mol. The maximum absolute atomic E-state index is 12.3. The minimum atomic E-state index is -0.596. The van der Waals surface area contributed by atoms with Crippen molar-refractivity contribution < 1.29 is 28.4 Å². The average Bonchev–Trinajstić information content (AvgIpc) is 3.28. The molecule has 0 bridgehead atoms. The number of nitrogens with one attached hydrogen (secondary N) is 1. The maximum atomic E-state index is 12.3. The number of hydrogen-bond acceptors (Lipinski definition) is 8. The first-order chi connectivity index (χ1) is 15.0. The second-order valence-corrected chi connectivity index (χ2v) is 6.63. The Bertz CT molecular complexity index is 1120. The highest BCUT2D eigenvalue weighted by Gasteiger charge is 2.24. The molecule has 3 aromatic rings. The summed E-state index contributed by atoms with van der Waals surface area (Å²) in [5, 5.41) is 5.05. The minimum absolute atomic E-state index is 0.136. The van der Waals surface area contributed by atoms with Crippen molar-refractivity contribution in [2.45, 2.75) is 19.4 Å². The fourth-order valence-corrected chi connectivity index (χ4v) is 2.93. The summed E-state index contributed by atoms with van der Waals surface area (Å²) in [4.78, 5) is 40.0. The van der Waals surface area contributed by atoms with Gasteiger partial charge in [0.2, 0.25) is 17.6 Å². The van der Waals surface area contributed by atoms with E-state index in [4.69, 9.17) is 14.0 Å². The normalized spacial score (nSPS) is 13.6. The predicted molar refractivity (Wildman–Crippen MR) is 107 cm³/mol. The number of nitrogens with zero attached hydrogens (tertiary/aromatic N) is 3. The first kappa shape index (κ1) is 20.1. The molecule has 2 amide bonds. The lowest BCUT2D eigenvalue weighted by atomic mass is 10.2. The van der Waals surface area contributed by atoms with E-state index in [2.05, 4.69) is 15.6 Å². The van der Waals surface area contributed by atoms with Crippen LogP contribution >= 0.6 is 0 Å². The van der Waals surface area contributed by atoms with Crippen LogP contribution in [0.15, 0.2) is 53.1 Å². The standard InChI is InChI=1S/C21H18N4O6/c1-29-16-4-2-3-14(11-16)20-22-18(31-24-20)12-30-21(28)13-5-7-15(8-6-13)25-19(27)10-9-17(26)23-25/h2-8,11H,9-10,12H2,1H3,(H,23,26). The van der Waals surface area contributed by atoms with E-state index in [0.29, 0.717) is 22.8 Å². The van der Waals surface area contributed by atoms with Crippen LogP contribution in [0.4, 0.5) is 5.69 Å². The van der Waals surface area contributed by atoms with Crippen LogP contribution in [0.3, 0.4) is 0 Å². The van der Waals surface area contributed by atoms with E-state index < -0.39 is 5.97 Å². The summed E-state index contributed by atoms with van der Waals surface area (Å²) >= 11 is 0. The summed E-state index contributed by atoms with van der Waals surface area (Å²) < 4.78 is 15.5. The third-order valence-corrected chi connectivity index (χ3v) is 4.54. The van der Waals surface area contributed by atoms with Crippen LogP contribution in [0.25, 0.3) is 11.4 Å². The second-order valence-electron chi connectivity index (χ2n) is 6.63. The van der Waals surface area contributed by atoms with Crippen molar-refractivity contribution in [3.8, 4) is 17.1 Å². The van der Waals surface area contributed by atoms with E-state index >= 15 is 0 Å². The van der Waals surface area contributed by atoms with Gasteiger partial charge in [-0.2, -0.15) is 4.98 Å². The number of rotatable bonds is 6. The Morgan fingerprint density at radius 3 is 2.74 bits per heavy atom. The van der Waals surface area contributed by atoms with Gasteiger partial charge in [0.05, 0.1) is 18.4 Å². The summed E-state index contributed by atoms with van der Waals surface area (Å²) in [6.07, 6.45) is 0.298. The third-order valence-electron chi connectivity index (χ3n) is 4.54. The zero-order valence-corrected chi connectivity index (χ0v) is 16.5. The molecule has 10 heteroatoms. The molecule has 1 aliphatic heterocycles.